The predicted octanol–water partition coefficient (Wildman–Crippen LogP) is 1.82. The molecule has 0 aliphatic rings. The number of oxazole rings is 1. The van der Waals surface area contributed by atoms with Crippen LogP contribution in [0.5, 0.6) is 5.75 Å². The second kappa shape index (κ2) is 5.99. The third kappa shape index (κ3) is 4.09. The molecule has 6 heteroatoms. The lowest BCUT2D eigenvalue weighted by molar-refractivity contribution is -0.123. The largest absolute Gasteiger partial charge is 0.484 e. The summed E-state index contributed by atoms with van der Waals surface area (Å²) in [6.07, 6.45) is 1.58. The highest BCUT2D eigenvalue weighted by atomic mass is 19.1. The van der Waals surface area contributed by atoms with E-state index in [1.165, 1.54) is 24.3 Å². The standard InChI is InChI=1S/C13H13FN2O3/c1-9-6-16-13(19-9)7-15-12(17)8-18-11-4-2-10(14)3-5-11/h2-6H,7-8H2,1H3,(H,15,17). The molecule has 0 fully saturated rings. The van der Waals surface area contributed by atoms with Crippen molar-refractivity contribution in [1.82, 2.24) is 10.3 Å². The van der Waals surface area contributed by atoms with Gasteiger partial charge in [0, 0.05) is 0 Å². The van der Waals surface area contributed by atoms with Gasteiger partial charge in [0.15, 0.2) is 6.61 Å². The van der Waals surface area contributed by atoms with Crippen LogP contribution in [0, 0.1) is 12.7 Å². The van der Waals surface area contributed by atoms with E-state index in [9.17, 15) is 9.18 Å². The predicted molar refractivity (Wildman–Crippen MR) is 65.0 cm³/mol. The molecule has 0 unspecified atom stereocenters. The van der Waals surface area contributed by atoms with E-state index in [-0.39, 0.29) is 24.9 Å². The first-order valence-corrected chi connectivity index (χ1v) is 5.70. The second-order valence-corrected chi connectivity index (χ2v) is 3.88. The maximum atomic E-state index is 12.6. The molecule has 0 aliphatic carbocycles. The van der Waals surface area contributed by atoms with Gasteiger partial charge in [-0.25, -0.2) is 9.37 Å². The van der Waals surface area contributed by atoms with Crippen molar-refractivity contribution in [2.75, 3.05) is 6.61 Å². The summed E-state index contributed by atoms with van der Waals surface area (Å²) in [7, 11) is 0. The van der Waals surface area contributed by atoms with Gasteiger partial charge in [0.2, 0.25) is 5.89 Å². The molecule has 100 valence electrons. The van der Waals surface area contributed by atoms with Gasteiger partial charge in [0.1, 0.15) is 17.3 Å². The van der Waals surface area contributed by atoms with Gasteiger partial charge in [-0.2, -0.15) is 0 Å². The molecule has 1 aromatic carbocycles. The Morgan fingerprint density at radius 3 is 2.79 bits per heavy atom. The summed E-state index contributed by atoms with van der Waals surface area (Å²) in [5, 5.41) is 2.60. The Morgan fingerprint density at radius 2 is 2.16 bits per heavy atom. The Bertz CT molecular complexity index is 551. The van der Waals surface area contributed by atoms with Crippen LogP contribution in [0.4, 0.5) is 4.39 Å². The Labute approximate surface area is 109 Å². The van der Waals surface area contributed by atoms with E-state index in [4.69, 9.17) is 9.15 Å². The summed E-state index contributed by atoms with van der Waals surface area (Å²) < 4.78 is 23.0. The van der Waals surface area contributed by atoms with E-state index in [1.807, 2.05) is 0 Å². The molecule has 0 bridgehead atoms. The van der Waals surface area contributed by atoms with Crippen molar-refractivity contribution in [2.24, 2.45) is 0 Å². The second-order valence-electron chi connectivity index (χ2n) is 3.88. The fourth-order valence-corrected chi connectivity index (χ4v) is 1.39. The number of hydrogen-bond donors (Lipinski definition) is 1. The van der Waals surface area contributed by atoms with Crippen molar-refractivity contribution in [3.63, 3.8) is 0 Å². The van der Waals surface area contributed by atoms with Gasteiger partial charge in [-0.1, -0.05) is 0 Å². The van der Waals surface area contributed by atoms with Crippen LogP contribution in [-0.2, 0) is 11.3 Å². The van der Waals surface area contributed by atoms with Gasteiger partial charge >= 0.3 is 0 Å². The van der Waals surface area contributed by atoms with E-state index in [0.29, 0.717) is 17.4 Å². The number of aryl methyl sites for hydroxylation is 1. The molecule has 2 aromatic rings. The van der Waals surface area contributed by atoms with Crippen LogP contribution in [0.3, 0.4) is 0 Å². The minimum atomic E-state index is -0.351. The van der Waals surface area contributed by atoms with E-state index in [2.05, 4.69) is 10.3 Å². The molecule has 1 amide bonds. The summed E-state index contributed by atoms with van der Waals surface area (Å²) in [5.74, 6) is 0.902. The summed E-state index contributed by atoms with van der Waals surface area (Å²) in [6, 6.07) is 5.45. The molecule has 0 atom stereocenters. The van der Waals surface area contributed by atoms with E-state index < -0.39 is 0 Å². The first-order chi connectivity index (χ1) is 9.13. The van der Waals surface area contributed by atoms with Crippen molar-refractivity contribution in [2.45, 2.75) is 13.5 Å². The zero-order valence-electron chi connectivity index (χ0n) is 10.4. The molecule has 0 saturated heterocycles. The van der Waals surface area contributed by atoms with Crippen molar-refractivity contribution in [3.05, 3.63) is 47.9 Å². The molecular weight excluding hydrogens is 251 g/mol. The zero-order valence-corrected chi connectivity index (χ0v) is 10.4. The van der Waals surface area contributed by atoms with Crippen molar-refractivity contribution in [1.29, 1.82) is 0 Å². The van der Waals surface area contributed by atoms with E-state index >= 15 is 0 Å². The molecule has 0 spiro atoms. The van der Waals surface area contributed by atoms with Gasteiger partial charge in [0.05, 0.1) is 12.7 Å². The molecule has 1 aromatic heterocycles. The third-order valence-corrected chi connectivity index (χ3v) is 2.29. The number of carbonyl (C=O) groups excluding carboxylic acids is 1. The van der Waals surface area contributed by atoms with Crippen LogP contribution in [0.25, 0.3) is 0 Å². The van der Waals surface area contributed by atoms with Crippen molar-refractivity contribution >= 4 is 5.91 Å². The van der Waals surface area contributed by atoms with Gasteiger partial charge in [0.25, 0.3) is 5.91 Å². The van der Waals surface area contributed by atoms with Crippen LogP contribution in [-0.4, -0.2) is 17.5 Å². The lowest BCUT2D eigenvalue weighted by atomic mass is 10.3. The Kier molecular flexibility index (Phi) is 4.12. The van der Waals surface area contributed by atoms with Gasteiger partial charge in [-0.15, -0.1) is 0 Å². The number of aromatic nitrogens is 1. The Balaban J connectivity index is 1.74. The quantitative estimate of drug-likeness (QED) is 0.894. The Hall–Kier alpha value is -2.37. The number of benzene rings is 1. The van der Waals surface area contributed by atoms with Crippen LogP contribution in [0.2, 0.25) is 0 Å². The number of nitrogens with zero attached hydrogens (tertiary/aromatic N) is 1. The molecule has 2 rings (SSSR count). The Morgan fingerprint density at radius 1 is 1.42 bits per heavy atom. The first kappa shape index (κ1) is 13.1. The van der Waals surface area contributed by atoms with Crippen molar-refractivity contribution in [3.8, 4) is 5.75 Å². The topological polar surface area (TPSA) is 64.4 Å². The minimum Gasteiger partial charge on any atom is -0.484 e. The van der Waals surface area contributed by atoms with Crippen LogP contribution >= 0.6 is 0 Å². The summed E-state index contributed by atoms with van der Waals surface area (Å²) in [4.78, 5) is 15.4. The highest BCUT2D eigenvalue weighted by Gasteiger charge is 2.05. The molecule has 0 aliphatic heterocycles. The van der Waals surface area contributed by atoms with Crippen LogP contribution in [0.15, 0.2) is 34.9 Å². The number of ether oxygens (including phenoxy) is 1. The van der Waals surface area contributed by atoms with Crippen LogP contribution < -0.4 is 10.1 Å². The minimum absolute atomic E-state index is 0.147. The highest BCUT2D eigenvalue weighted by Crippen LogP contribution is 2.10. The normalized spacial score (nSPS) is 10.2. The molecule has 19 heavy (non-hydrogen) atoms. The monoisotopic (exact) mass is 264 g/mol. The average molecular weight is 264 g/mol. The lowest BCUT2D eigenvalue weighted by Gasteiger charge is -2.06. The summed E-state index contributed by atoms with van der Waals surface area (Å²) in [5.41, 5.74) is 0. The maximum Gasteiger partial charge on any atom is 0.258 e. The summed E-state index contributed by atoms with van der Waals surface area (Å²) >= 11 is 0. The van der Waals surface area contributed by atoms with Gasteiger partial charge < -0.3 is 14.5 Å². The number of carbonyl (C=O) groups is 1. The molecule has 0 saturated carbocycles. The number of rotatable bonds is 5. The SMILES string of the molecule is Cc1cnc(CNC(=O)COc2ccc(F)cc2)o1. The van der Waals surface area contributed by atoms with Crippen LogP contribution in [0.1, 0.15) is 11.7 Å². The molecular formula is C13H13FN2O3. The maximum absolute atomic E-state index is 12.6. The zero-order chi connectivity index (χ0) is 13.7. The van der Waals surface area contributed by atoms with E-state index in [0.717, 1.165) is 0 Å². The smallest absolute Gasteiger partial charge is 0.258 e. The third-order valence-electron chi connectivity index (χ3n) is 2.29. The lowest BCUT2D eigenvalue weighted by Crippen LogP contribution is -2.28. The number of nitrogens with one attached hydrogen (secondary N) is 1. The molecule has 1 N–H and O–H groups in total. The highest BCUT2D eigenvalue weighted by molar-refractivity contribution is 5.77. The summed E-state index contributed by atoms with van der Waals surface area (Å²) in [6.45, 7) is 1.83. The average Bonchev–Trinajstić information content (AvgIpc) is 2.81. The number of amides is 1. The molecule has 1 heterocycles. The van der Waals surface area contributed by atoms with E-state index in [1.54, 1.807) is 13.1 Å². The van der Waals surface area contributed by atoms with Gasteiger partial charge in [-0.05, 0) is 31.2 Å². The first-order valence-electron chi connectivity index (χ1n) is 5.70. The fourth-order valence-electron chi connectivity index (χ4n) is 1.39. The van der Waals surface area contributed by atoms with Gasteiger partial charge in [-0.3, -0.25) is 4.79 Å². The number of halogens is 1. The number of hydrogen-bond acceptors (Lipinski definition) is 4. The molecule has 5 nitrogen and oxygen atoms in total. The fraction of sp³-hybridized carbons (Fsp3) is 0.231. The van der Waals surface area contributed by atoms with Crippen molar-refractivity contribution < 1.29 is 18.3 Å². The molecule has 0 radical (unpaired) electrons.